The van der Waals surface area contributed by atoms with Gasteiger partial charge in [-0.05, 0) is 24.6 Å². The fraction of sp³-hybridized carbons (Fsp3) is 0.440. The second kappa shape index (κ2) is 10.4. The molecule has 2 amide bonds. The normalized spacial score (nSPS) is 12.5. The molecule has 34 heavy (non-hydrogen) atoms. The van der Waals surface area contributed by atoms with Gasteiger partial charge in [0.1, 0.15) is 5.82 Å². The van der Waals surface area contributed by atoms with Crippen molar-refractivity contribution in [1.82, 2.24) is 9.97 Å². The van der Waals surface area contributed by atoms with Crippen LogP contribution in [-0.4, -0.2) is 21.8 Å². The quantitative estimate of drug-likeness (QED) is 0.515. The third-order valence-electron chi connectivity index (χ3n) is 5.28. The molecule has 1 aromatic carbocycles. The fourth-order valence-corrected chi connectivity index (χ4v) is 2.92. The number of amides is 2. The number of hydrogen-bond acceptors (Lipinski definition) is 4. The molecule has 9 heteroatoms. The van der Waals surface area contributed by atoms with Gasteiger partial charge in [-0.3, -0.25) is 14.9 Å². The standard InChI is InChI=1S/C25H31F3N4O2/c1-14(2)21(33)30-20-19(16(5)29-23(31-20)32-22(34)15(3)4)12-13-24(6,7)17-8-10-18(11-9-17)25(26,27)28/h8-15H,1-7H3,(H2,29,30,31,32,33,34)/b13-12+. The maximum atomic E-state index is 12.9. The van der Waals surface area contributed by atoms with Crippen LogP contribution in [-0.2, 0) is 21.2 Å². The first-order valence-corrected chi connectivity index (χ1v) is 11.0. The van der Waals surface area contributed by atoms with Crippen LogP contribution in [0.3, 0.4) is 0 Å². The van der Waals surface area contributed by atoms with Crippen molar-refractivity contribution in [3.8, 4) is 0 Å². The van der Waals surface area contributed by atoms with E-state index in [-0.39, 0.29) is 35.4 Å². The van der Waals surface area contributed by atoms with Gasteiger partial charge in [0.05, 0.1) is 11.3 Å². The van der Waals surface area contributed by atoms with E-state index in [0.29, 0.717) is 16.8 Å². The van der Waals surface area contributed by atoms with Crippen LogP contribution in [0.15, 0.2) is 30.3 Å². The molecule has 2 aromatic rings. The van der Waals surface area contributed by atoms with E-state index >= 15 is 0 Å². The third-order valence-corrected chi connectivity index (χ3v) is 5.28. The Bertz CT molecular complexity index is 1070. The summed E-state index contributed by atoms with van der Waals surface area (Å²) in [5.41, 5.74) is 0.409. The van der Waals surface area contributed by atoms with Crippen LogP contribution in [0.2, 0.25) is 0 Å². The molecular formula is C25H31F3N4O2. The highest BCUT2D eigenvalue weighted by Crippen LogP contribution is 2.33. The molecule has 0 aliphatic rings. The summed E-state index contributed by atoms with van der Waals surface area (Å²) in [7, 11) is 0. The van der Waals surface area contributed by atoms with E-state index in [1.165, 1.54) is 12.1 Å². The second-order valence-electron chi connectivity index (χ2n) is 9.31. The lowest BCUT2D eigenvalue weighted by atomic mass is 9.83. The van der Waals surface area contributed by atoms with E-state index in [9.17, 15) is 22.8 Å². The van der Waals surface area contributed by atoms with E-state index in [4.69, 9.17) is 0 Å². The van der Waals surface area contributed by atoms with Crippen LogP contribution in [0.4, 0.5) is 24.9 Å². The van der Waals surface area contributed by atoms with E-state index in [0.717, 1.165) is 12.1 Å². The van der Waals surface area contributed by atoms with Crippen molar-refractivity contribution in [2.75, 3.05) is 10.6 Å². The van der Waals surface area contributed by atoms with E-state index in [2.05, 4.69) is 20.6 Å². The number of alkyl halides is 3. The number of benzene rings is 1. The van der Waals surface area contributed by atoms with Crippen LogP contribution >= 0.6 is 0 Å². The Balaban J connectivity index is 2.45. The zero-order chi connectivity index (χ0) is 25.8. The number of hydrogen-bond donors (Lipinski definition) is 2. The minimum Gasteiger partial charge on any atom is -0.310 e. The summed E-state index contributed by atoms with van der Waals surface area (Å²) in [4.78, 5) is 33.2. The molecule has 0 saturated heterocycles. The van der Waals surface area contributed by atoms with Gasteiger partial charge >= 0.3 is 6.18 Å². The maximum Gasteiger partial charge on any atom is 0.416 e. The molecule has 0 radical (unpaired) electrons. The highest BCUT2D eigenvalue weighted by Gasteiger charge is 2.30. The van der Waals surface area contributed by atoms with Gasteiger partial charge in [-0.25, -0.2) is 4.98 Å². The zero-order valence-corrected chi connectivity index (χ0v) is 20.5. The van der Waals surface area contributed by atoms with Gasteiger partial charge in [-0.1, -0.05) is 65.8 Å². The first kappa shape index (κ1) is 27.0. The maximum absolute atomic E-state index is 12.9. The smallest absolute Gasteiger partial charge is 0.310 e. The highest BCUT2D eigenvalue weighted by molar-refractivity contribution is 5.94. The van der Waals surface area contributed by atoms with Gasteiger partial charge in [-0.2, -0.15) is 18.2 Å². The fourth-order valence-electron chi connectivity index (χ4n) is 2.92. The van der Waals surface area contributed by atoms with Crippen LogP contribution in [0.5, 0.6) is 0 Å². The summed E-state index contributed by atoms with van der Waals surface area (Å²) >= 11 is 0. The molecule has 0 unspecified atom stereocenters. The number of nitrogens with zero attached hydrogens (tertiary/aromatic N) is 2. The Morgan fingerprint density at radius 1 is 0.882 bits per heavy atom. The average molecular weight is 477 g/mol. The largest absolute Gasteiger partial charge is 0.416 e. The minimum absolute atomic E-state index is 0.0782. The molecule has 1 aromatic heterocycles. The Morgan fingerprint density at radius 3 is 1.88 bits per heavy atom. The molecule has 2 N–H and O–H groups in total. The van der Waals surface area contributed by atoms with E-state index < -0.39 is 17.2 Å². The number of carbonyl (C=O) groups is 2. The number of rotatable bonds is 7. The van der Waals surface area contributed by atoms with Crippen molar-refractivity contribution < 1.29 is 22.8 Å². The number of aromatic nitrogens is 2. The summed E-state index contributed by atoms with van der Waals surface area (Å²) in [5.74, 6) is -0.770. The van der Waals surface area contributed by atoms with Gasteiger partial charge in [0.25, 0.3) is 0 Å². The molecule has 0 atom stereocenters. The second-order valence-corrected chi connectivity index (χ2v) is 9.31. The predicted octanol–water partition coefficient (Wildman–Crippen LogP) is 5.98. The summed E-state index contributed by atoms with van der Waals surface area (Å²) in [6.07, 6.45) is -0.848. The minimum atomic E-state index is -4.40. The van der Waals surface area contributed by atoms with Crippen molar-refractivity contribution in [3.05, 3.63) is 52.7 Å². The number of aryl methyl sites for hydroxylation is 1. The molecule has 0 fully saturated rings. The molecular weight excluding hydrogens is 445 g/mol. The molecule has 184 valence electrons. The van der Waals surface area contributed by atoms with Crippen molar-refractivity contribution in [3.63, 3.8) is 0 Å². The Morgan fingerprint density at radius 2 is 1.38 bits per heavy atom. The predicted molar refractivity (Wildman–Crippen MR) is 127 cm³/mol. The lowest BCUT2D eigenvalue weighted by Crippen LogP contribution is -2.23. The van der Waals surface area contributed by atoms with Gasteiger partial charge in [0.2, 0.25) is 17.8 Å². The van der Waals surface area contributed by atoms with Crippen LogP contribution in [0.1, 0.15) is 63.9 Å². The van der Waals surface area contributed by atoms with Gasteiger partial charge in [0.15, 0.2) is 0 Å². The highest BCUT2D eigenvalue weighted by atomic mass is 19.4. The van der Waals surface area contributed by atoms with Gasteiger partial charge in [-0.15, -0.1) is 0 Å². The van der Waals surface area contributed by atoms with Crippen LogP contribution < -0.4 is 10.6 Å². The number of allylic oxidation sites excluding steroid dienone is 1. The number of halogens is 3. The number of nitrogens with one attached hydrogen (secondary N) is 2. The molecule has 0 bridgehead atoms. The molecule has 1 heterocycles. The number of carbonyl (C=O) groups excluding carboxylic acids is 2. The molecule has 0 spiro atoms. The van der Waals surface area contributed by atoms with Crippen molar-refractivity contribution in [2.45, 2.75) is 60.1 Å². The monoisotopic (exact) mass is 476 g/mol. The lowest BCUT2D eigenvalue weighted by molar-refractivity contribution is -0.137. The topological polar surface area (TPSA) is 84.0 Å². The van der Waals surface area contributed by atoms with Gasteiger partial charge < -0.3 is 5.32 Å². The SMILES string of the molecule is Cc1nc(NC(=O)C(C)C)nc(NC(=O)C(C)C)c1/C=C/C(C)(C)c1ccc(C(F)(F)F)cc1. The Hall–Kier alpha value is -3.23. The summed E-state index contributed by atoms with van der Waals surface area (Å²) in [6, 6.07) is 5.00. The molecule has 6 nitrogen and oxygen atoms in total. The zero-order valence-electron chi connectivity index (χ0n) is 20.5. The van der Waals surface area contributed by atoms with E-state index in [1.807, 2.05) is 19.9 Å². The molecule has 0 saturated carbocycles. The molecule has 0 aliphatic heterocycles. The van der Waals surface area contributed by atoms with Crippen LogP contribution in [0.25, 0.3) is 6.08 Å². The van der Waals surface area contributed by atoms with E-state index in [1.54, 1.807) is 40.7 Å². The first-order valence-electron chi connectivity index (χ1n) is 11.0. The average Bonchev–Trinajstić information content (AvgIpc) is 2.72. The van der Waals surface area contributed by atoms with Crippen molar-refractivity contribution >= 4 is 29.7 Å². The third kappa shape index (κ3) is 6.88. The Labute approximate surface area is 198 Å². The lowest BCUT2D eigenvalue weighted by Gasteiger charge is -2.22. The summed E-state index contributed by atoms with van der Waals surface area (Å²) in [5, 5.41) is 5.42. The summed E-state index contributed by atoms with van der Waals surface area (Å²) < 4.78 is 38.7. The van der Waals surface area contributed by atoms with Gasteiger partial charge in [0, 0.05) is 22.8 Å². The van der Waals surface area contributed by atoms with Crippen molar-refractivity contribution in [2.24, 2.45) is 11.8 Å². The van der Waals surface area contributed by atoms with Crippen LogP contribution in [0, 0.1) is 18.8 Å². The molecule has 2 rings (SSSR count). The van der Waals surface area contributed by atoms with Crippen molar-refractivity contribution in [1.29, 1.82) is 0 Å². The first-order chi connectivity index (χ1) is 15.6. The Kier molecular flexibility index (Phi) is 8.23. The molecule has 0 aliphatic carbocycles. The summed E-state index contributed by atoms with van der Waals surface area (Å²) in [6.45, 7) is 12.4. The number of anilines is 2.